The smallest absolute Gasteiger partial charge is 0.255 e. The van der Waals surface area contributed by atoms with E-state index in [0.29, 0.717) is 29.7 Å². The van der Waals surface area contributed by atoms with Crippen LogP contribution in [0, 0.1) is 0 Å². The first-order valence-electron chi connectivity index (χ1n) is 6.58. The minimum absolute atomic E-state index is 0.0490. The van der Waals surface area contributed by atoms with E-state index in [1.807, 2.05) is 0 Å². The highest BCUT2D eigenvalue weighted by atomic mass is 16.5. The summed E-state index contributed by atoms with van der Waals surface area (Å²) in [5, 5.41) is 9.81. The number of rotatable bonds is 6. The highest BCUT2D eigenvalue weighted by Gasteiger charge is 2.36. The van der Waals surface area contributed by atoms with Crippen molar-refractivity contribution in [3.05, 3.63) is 41.7 Å². The molecule has 0 fully saturated rings. The standard InChI is InChI=1S/C15H18N2O4/c1-9(21-2)6-7-12(14(16)19)17-8-11-10(15(17)20)4-3-5-13(11)18/h3-5,12,18H,1,6-8H2,2H3,(H2,16,19). The first-order chi connectivity index (χ1) is 9.95. The molecule has 1 unspecified atom stereocenters. The van der Waals surface area contributed by atoms with Crippen LogP contribution in [0.5, 0.6) is 5.75 Å². The molecule has 112 valence electrons. The fraction of sp³-hybridized carbons (Fsp3) is 0.333. The molecule has 0 saturated heterocycles. The quantitative estimate of drug-likeness (QED) is 0.768. The molecular weight excluding hydrogens is 272 g/mol. The molecule has 1 atom stereocenters. The zero-order valence-corrected chi connectivity index (χ0v) is 11.8. The number of benzene rings is 1. The number of carbonyl (C=O) groups excluding carboxylic acids is 2. The molecule has 0 spiro atoms. The van der Waals surface area contributed by atoms with Gasteiger partial charge in [0.05, 0.1) is 19.4 Å². The van der Waals surface area contributed by atoms with Crippen LogP contribution in [0.3, 0.4) is 0 Å². The number of allylic oxidation sites excluding steroid dienone is 1. The molecule has 3 N–H and O–H groups in total. The number of nitrogens with zero attached hydrogens (tertiary/aromatic N) is 1. The molecule has 1 aliphatic rings. The second-order valence-electron chi connectivity index (χ2n) is 4.94. The molecule has 0 aromatic heterocycles. The van der Waals surface area contributed by atoms with Crippen molar-refractivity contribution in [2.24, 2.45) is 5.73 Å². The third kappa shape index (κ3) is 2.84. The highest BCUT2D eigenvalue weighted by molar-refractivity contribution is 6.01. The summed E-state index contributed by atoms with van der Waals surface area (Å²) in [7, 11) is 1.50. The highest BCUT2D eigenvalue weighted by Crippen LogP contribution is 2.32. The Bertz CT molecular complexity index is 597. The molecule has 1 aromatic carbocycles. The number of aromatic hydroxyl groups is 1. The van der Waals surface area contributed by atoms with Crippen molar-refractivity contribution in [3.8, 4) is 5.75 Å². The fourth-order valence-electron chi connectivity index (χ4n) is 2.44. The Labute approximate surface area is 122 Å². The normalized spacial score (nSPS) is 14.7. The summed E-state index contributed by atoms with van der Waals surface area (Å²) >= 11 is 0. The first-order valence-corrected chi connectivity index (χ1v) is 6.58. The largest absolute Gasteiger partial charge is 0.508 e. The van der Waals surface area contributed by atoms with E-state index in [1.165, 1.54) is 18.1 Å². The topological polar surface area (TPSA) is 92.9 Å². The number of amides is 2. The van der Waals surface area contributed by atoms with Gasteiger partial charge >= 0.3 is 0 Å². The van der Waals surface area contributed by atoms with Crippen molar-refractivity contribution in [3.63, 3.8) is 0 Å². The van der Waals surface area contributed by atoms with E-state index in [2.05, 4.69) is 6.58 Å². The average Bonchev–Trinajstić information content (AvgIpc) is 2.78. The van der Waals surface area contributed by atoms with E-state index in [0.717, 1.165) is 0 Å². The molecule has 0 aliphatic carbocycles. The predicted molar refractivity (Wildman–Crippen MR) is 76.3 cm³/mol. The number of ether oxygens (including phenoxy) is 1. The summed E-state index contributed by atoms with van der Waals surface area (Å²) in [6.07, 6.45) is 0.763. The second-order valence-corrected chi connectivity index (χ2v) is 4.94. The van der Waals surface area contributed by atoms with Crippen molar-refractivity contribution >= 4 is 11.8 Å². The van der Waals surface area contributed by atoms with Crippen LogP contribution in [-0.2, 0) is 16.1 Å². The molecule has 0 radical (unpaired) electrons. The maximum Gasteiger partial charge on any atom is 0.255 e. The summed E-state index contributed by atoms with van der Waals surface area (Å²) in [5.41, 5.74) is 6.35. The van der Waals surface area contributed by atoms with Gasteiger partial charge in [-0.15, -0.1) is 0 Å². The number of fused-ring (bicyclic) bond motifs is 1. The number of methoxy groups -OCH3 is 1. The van der Waals surface area contributed by atoms with Crippen LogP contribution in [0.4, 0.5) is 0 Å². The van der Waals surface area contributed by atoms with Crippen LogP contribution in [0.25, 0.3) is 0 Å². The number of nitrogens with two attached hydrogens (primary N) is 1. The lowest BCUT2D eigenvalue weighted by molar-refractivity contribution is -0.122. The van der Waals surface area contributed by atoms with Gasteiger partial charge in [0.25, 0.3) is 5.91 Å². The van der Waals surface area contributed by atoms with Crippen LogP contribution >= 0.6 is 0 Å². The zero-order valence-electron chi connectivity index (χ0n) is 11.8. The Balaban J connectivity index is 2.20. The SMILES string of the molecule is C=C(CCC(C(N)=O)N1Cc2c(O)cccc2C1=O)OC. The number of phenolic OH excluding ortho intramolecular Hbond substituents is 1. The molecule has 1 aliphatic heterocycles. The average molecular weight is 290 g/mol. The van der Waals surface area contributed by atoms with Gasteiger partial charge in [0, 0.05) is 17.5 Å². The molecular formula is C15H18N2O4. The molecule has 0 saturated carbocycles. The Morgan fingerprint density at radius 3 is 2.86 bits per heavy atom. The minimum Gasteiger partial charge on any atom is -0.508 e. The van der Waals surface area contributed by atoms with Gasteiger partial charge in [0.1, 0.15) is 11.8 Å². The van der Waals surface area contributed by atoms with Crippen LogP contribution in [0.2, 0.25) is 0 Å². The van der Waals surface area contributed by atoms with E-state index in [4.69, 9.17) is 10.5 Å². The van der Waals surface area contributed by atoms with Crippen LogP contribution in [-0.4, -0.2) is 35.0 Å². The lowest BCUT2D eigenvalue weighted by Crippen LogP contribution is -2.44. The summed E-state index contributed by atoms with van der Waals surface area (Å²) in [4.78, 5) is 25.4. The zero-order chi connectivity index (χ0) is 15.6. The van der Waals surface area contributed by atoms with Gasteiger partial charge in [-0.3, -0.25) is 9.59 Å². The number of carbonyl (C=O) groups is 2. The van der Waals surface area contributed by atoms with E-state index < -0.39 is 11.9 Å². The summed E-state index contributed by atoms with van der Waals surface area (Å²) < 4.78 is 4.96. The summed E-state index contributed by atoms with van der Waals surface area (Å²) in [6.45, 7) is 3.86. The maximum atomic E-state index is 12.4. The molecule has 6 nitrogen and oxygen atoms in total. The monoisotopic (exact) mass is 290 g/mol. The van der Waals surface area contributed by atoms with Gasteiger partial charge in [0.2, 0.25) is 5.91 Å². The van der Waals surface area contributed by atoms with Crippen molar-refractivity contribution in [2.75, 3.05) is 7.11 Å². The lowest BCUT2D eigenvalue weighted by atomic mass is 10.1. The van der Waals surface area contributed by atoms with Crippen molar-refractivity contribution in [2.45, 2.75) is 25.4 Å². The number of primary amides is 1. The summed E-state index contributed by atoms with van der Waals surface area (Å²) in [5.74, 6) is -0.312. The molecule has 2 amide bonds. The molecule has 0 bridgehead atoms. The van der Waals surface area contributed by atoms with Crippen LogP contribution in [0.1, 0.15) is 28.8 Å². The molecule has 2 rings (SSSR count). The van der Waals surface area contributed by atoms with E-state index >= 15 is 0 Å². The first kappa shape index (κ1) is 14.9. The van der Waals surface area contributed by atoms with Gasteiger partial charge in [0.15, 0.2) is 0 Å². The molecule has 21 heavy (non-hydrogen) atoms. The minimum atomic E-state index is -0.754. The van der Waals surface area contributed by atoms with Gasteiger partial charge in [-0.05, 0) is 18.6 Å². The van der Waals surface area contributed by atoms with E-state index in [9.17, 15) is 14.7 Å². The van der Waals surface area contributed by atoms with Crippen molar-refractivity contribution in [1.82, 2.24) is 4.90 Å². The van der Waals surface area contributed by atoms with Crippen LogP contribution < -0.4 is 5.73 Å². The van der Waals surface area contributed by atoms with Crippen LogP contribution in [0.15, 0.2) is 30.5 Å². The van der Waals surface area contributed by atoms with Crippen molar-refractivity contribution in [1.29, 1.82) is 0 Å². The predicted octanol–water partition coefficient (Wildman–Crippen LogP) is 1.14. The van der Waals surface area contributed by atoms with E-state index in [-0.39, 0.29) is 18.2 Å². The Kier molecular flexibility index (Phi) is 4.16. The van der Waals surface area contributed by atoms with Gasteiger partial charge in [-0.25, -0.2) is 0 Å². The fourth-order valence-corrected chi connectivity index (χ4v) is 2.44. The lowest BCUT2D eigenvalue weighted by Gasteiger charge is -2.25. The van der Waals surface area contributed by atoms with E-state index in [1.54, 1.807) is 12.1 Å². The van der Waals surface area contributed by atoms with Crippen molar-refractivity contribution < 1.29 is 19.4 Å². The molecule has 1 aromatic rings. The maximum absolute atomic E-state index is 12.4. The Hall–Kier alpha value is -2.50. The summed E-state index contributed by atoms with van der Waals surface area (Å²) in [6, 6.07) is 3.99. The third-order valence-electron chi connectivity index (χ3n) is 3.66. The Morgan fingerprint density at radius 1 is 1.57 bits per heavy atom. The third-order valence-corrected chi connectivity index (χ3v) is 3.66. The Morgan fingerprint density at radius 2 is 2.29 bits per heavy atom. The molecule has 6 heteroatoms. The van der Waals surface area contributed by atoms with Gasteiger partial charge in [-0.2, -0.15) is 0 Å². The second kappa shape index (κ2) is 5.87. The number of hydrogen-bond donors (Lipinski definition) is 2. The molecule has 1 heterocycles. The van der Waals surface area contributed by atoms with Gasteiger partial charge in [-0.1, -0.05) is 12.6 Å². The number of hydrogen-bond acceptors (Lipinski definition) is 4. The van der Waals surface area contributed by atoms with Gasteiger partial charge < -0.3 is 20.5 Å². The number of phenols is 1.